The number of hydrogen-bond donors (Lipinski definition) is 0. The van der Waals surface area contributed by atoms with Crippen LogP contribution in [0.15, 0.2) is 8.89 Å². The van der Waals surface area contributed by atoms with Gasteiger partial charge in [-0.1, -0.05) is 47.2 Å². The molecule has 0 aliphatic rings. The van der Waals surface area contributed by atoms with Crippen LogP contribution in [0, 0.1) is 6.92 Å². The second-order valence-electron chi connectivity index (χ2n) is 9.10. The highest BCUT2D eigenvalue weighted by Gasteiger charge is 2.44. The molecule has 0 saturated heterocycles. The zero-order valence-corrected chi connectivity index (χ0v) is 20.3. The van der Waals surface area contributed by atoms with Crippen LogP contribution in [0.1, 0.15) is 58.0 Å². The SMILES string of the molecule is CCCC(O[Si](C)(C)C)c1c([Si](C)(C)C(C)(C)C)oc(C)c1Br. The molecule has 23 heavy (non-hydrogen) atoms. The van der Waals surface area contributed by atoms with Gasteiger partial charge in [-0.3, -0.25) is 0 Å². The smallest absolute Gasteiger partial charge is 0.184 e. The number of furan rings is 1. The number of aryl methyl sites for hydroxylation is 1. The second-order valence-corrected chi connectivity index (χ2v) is 19.6. The molecule has 1 aromatic rings. The van der Waals surface area contributed by atoms with Crippen LogP contribution in [0.2, 0.25) is 37.8 Å². The normalized spacial score (nSPS) is 15.1. The molecule has 1 rings (SSSR count). The summed E-state index contributed by atoms with van der Waals surface area (Å²) in [5, 5.41) is 1.45. The van der Waals surface area contributed by atoms with Crippen molar-refractivity contribution in [2.45, 2.75) is 91.3 Å². The highest BCUT2D eigenvalue weighted by molar-refractivity contribution is 9.10. The molecular formula is C18H35BrO2Si2. The van der Waals surface area contributed by atoms with E-state index in [0.717, 1.165) is 23.1 Å². The summed E-state index contributed by atoms with van der Waals surface area (Å²) in [6.07, 6.45) is 2.30. The van der Waals surface area contributed by atoms with Crippen molar-refractivity contribution in [2.24, 2.45) is 0 Å². The van der Waals surface area contributed by atoms with Crippen molar-refractivity contribution < 1.29 is 8.84 Å². The Morgan fingerprint density at radius 1 is 1.13 bits per heavy atom. The predicted octanol–water partition coefficient (Wildman–Crippen LogP) is 6.76. The molecular weight excluding hydrogens is 384 g/mol. The molecule has 0 bridgehead atoms. The molecule has 0 amide bonds. The molecule has 0 aliphatic heterocycles. The number of halogens is 1. The van der Waals surface area contributed by atoms with E-state index in [1.165, 1.54) is 10.9 Å². The van der Waals surface area contributed by atoms with Crippen LogP contribution in [0.3, 0.4) is 0 Å². The standard InChI is InChI=1S/C18H35BrO2Si2/c1-11-12-14(21-22(6,7)8)15-16(19)13(2)20-17(15)23(9,10)18(3,4)5/h14H,11-12H2,1-10H3. The van der Waals surface area contributed by atoms with Crippen LogP contribution in [0.25, 0.3) is 0 Å². The summed E-state index contributed by atoms with van der Waals surface area (Å²) in [5.74, 6) is 0.986. The van der Waals surface area contributed by atoms with E-state index in [0.29, 0.717) is 0 Å². The lowest BCUT2D eigenvalue weighted by molar-refractivity contribution is 0.186. The quantitative estimate of drug-likeness (QED) is 0.475. The van der Waals surface area contributed by atoms with Crippen LogP contribution in [0.4, 0.5) is 0 Å². The van der Waals surface area contributed by atoms with Gasteiger partial charge in [-0.2, -0.15) is 0 Å². The molecule has 5 heteroatoms. The third kappa shape index (κ3) is 4.83. The van der Waals surface area contributed by atoms with Gasteiger partial charge >= 0.3 is 0 Å². The van der Waals surface area contributed by atoms with Crippen LogP contribution in [-0.2, 0) is 4.43 Å². The van der Waals surface area contributed by atoms with Gasteiger partial charge in [0.2, 0.25) is 0 Å². The van der Waals surface area contributed by atoms with Crippen molar-refractivity contribution in [1.29, 1.82) is 0 Å². The largest absolute Gasteiger partial charge is 0.470 e. The van der Waals surface area contributed by atoms with Gasteiger partial charge in [0.15, 0.2) is 8.32 Å². The van der Waals surface area contributed by atoms with E-state index in [-0.39, 0.29) is 11.1 Å². The first-order chi connectivity index (χ1) is 10.2. The zero-order chi connectivity index (χ0) is 18.2. The molecule has 0 aromatic carbocycles. The fourth-order valence-electron chi connectivity index (χ4n) is 2.59. The van der Waals surface area contributed by atoms with Gasteiger partial charge in [0.25, 0.3) is 0 Å². The van der Waals surface area contributed by atoms with Gasteiger partial charge < -0.3 is 8.84 Å². The molecule has 0 aliphatic carbocycles. The Bertz CT molecular complexity index is 536. The molecule has 1 aromatic heterocycles. The average Bonchev–Trinajstić information content (AvgIpc) is 2.63. The molecule has 0 fully saturated rings. The van der Waals surface area contributed by atoms with E-state index in [9.17, 15) is 0 Å². The van der Waals surface area contributed by atoms with E-state index in [1.807, 2.05) is 0 Å². The van der Waals surface area contributed by atoms with Gasteiger partial charge in [0, 0.05) is 5.56 Å². The molecule has 0 spiro atoms. The first-order valence-corrected chi connectivity index (χ1v) is 15.9. The van der Waals surface area contributed by atoms with Gasteiger partial charge in [-0.15, -0.1) is 0 Å². The average molecular weight is 420 g/mol. The molecule has 134 valence electrons. The van der Waals surface area contributed by atoms with E-state index < -0.39 is 16.4 Å². The lowest BCUT2D eigenvalue weighted by atomic mass is 10.1. The molecule has 1 unspecified atom stereocenters. The van der Waals surface area contributed by atoms with E-state index >= 15 is 0 Å². The fraction of sp³-hybridized carbons (Fsp3) is 0.778. The molecule has 1 atom stereocenters. The summed E-state index contributed by atoms with van der Waals surface area (Å²) in [4.78, 5) is 0. The van der Waals surface area contributed by atoms with Gasteiger partial charge in [0.1, 0.15) is 13.8 Å². The Kier molecular flexibility index (Phi) is 6.62. The summed E-state index contributed by atoms with van der Waals surface area (Å²) in [6.45, 7) is 22.9. The minimum absolute atomic E-state index is 0.141. The first kappa shape index (κ1) is 21.2. The van der Waals surface area contributed by atoms with Crippen LogP contribution < -0.4 is 5.38 Å². The molecule has 1 heterocycles. The van der Waals surface area contributed by atoms with E-state index in [1.54, 1.807) is 0 Å². The summed E-state index contributed by atoms with van der Waals surface area (Å²) in [7, 11) is -3.39. The van der Waals surface area contributed by atoms with Crippen molar-refractivity contribution in [3.8, 4) is 0 Å². The second kappa shape index (κ2) is 7.18. The van der Waals surface area contributed by atoms with E-state index in [2.05, 4.69) is 83.3 Å². The molecule has 0 radical (unpaired) electrons. The van der Waals surface area contributed by atoms with Gasteiger partial charge in [0.05, 0.1) is 16.0 Å². The monoisotopic (exact) mass is 418 g/mol. The Hall–Kier alpha value is 0.154. The summed E-state index contributed by atoms with van der Waals surface area (Å²) in [5.41, 5.74) is 1.29. The zero-order valence-electron chi connectivity index (χ0n) is 16.7. The maximum Gasteiger partial charge on any atom is 0.184 e. The van der Waals surface area contributed by atoms with Crippen molar-refractivity contribution in [3.63, 3.8) is 0 Å². The molecule has 0 N–H and O–H groups in total. The fourth-order valence-corrected chi connectivity index (χ4v) is 6.42. The maximum absolute atomic E-state index is 6.58. The van der Waals surface area contributed by atoms with Crippen LogP contribution in [-0.4, -0.2) is 16.4 Å². The summed E-state index contributed by atoms with van der Waals surface area (Å²) < 4.78 is 14.0. The maximum atomic E-state index is 6.58. The minimum atomic E-state index is -1.76. The van der Waals surface area contributed by atoms with Crippen molar-refractivity contribution in [3.05, 3.63) is 15.8 Å². The summed E-state index contributed by atoms with van der Waals surface area (Å²) >= 11 is 3.80. The van der Waals surface area contributed by atoms with Crippen molar-refractivity contribution in [1.82, 2.24) is 0 Å². The van der Waals surface area contributed by atoms with E-state index in [4.69, 9.17) is 8.84 Å². The number of hydrogen-bond acceptors (Lipinski definition) is 2. The Balaban J connectivity index is 3.50. The van der Waals surface area contributed by atoms with Gasteiger partial charge in [-0.05, 0) is 54.0 Å². The molecule has 0 saturated carbocycles. The Morgan fingerprint density at radius 3 is 2.04 bits per heavy atom. The lowest BCUT2D eigenvalue weighted by Crippen LogP contribution is -2.51. The Labute approximate surface area is 153 Å². The Morgan fingerprint density at radius 2 is 1.65 bits per heavy atom. The lowest BCUT2D eigenvalue weighted by Gasteiger charge is -2.37. The minimum Gasteiger partial charge on any atom is -0.470 e. The first-order valence-electron chi connectivity index (χ1n) is 8.69. The topological polar surface area (TPSA) is 22.4 Å². The third-order valence-electron chi connectivity index (χ3n) is 4.86. The number of rotatable bonds is 6. The summed E-state index contributed by atoms with van der Waals surface area (Å²) in [6, 6.07) is 0. The third-order valence-corrected chi connectivity index (χ3v) is 12.1. The van der Waals surface area contributed by atoms with Crippen LogP contribution in [0.5, 0.6) is 0 Å². The predicted molar refractivity (Wildman–Crippen MR) is 110 cm³/mol. The van der Waals surface area contributed by atoms with Crippen LogP contribution >= 0.6 is 15.9 Å². The van der Waals surface area contributed by atoms with Crippen molar-refractivity contribution in [2.75, 3.05) is 0 Å². The van der Waals surface area contributed by atoms with Gasteiger partial charge in [-0.25, -0.2) is 0 Å². The molecule has 2 nitrogen and oxygen atoms in total. The highest BCUT2D eigenvalue weighted by Crippen LogP contribution is 2.41. The van der Waals surface area contributed by atoms with Crippen molar-refractivity contribution >= 4 is 37.7 Å². The highest BCUT2D eigenvalue weighted by atomic mass is 79.9.